The lowest BCUT2D eigenvalue weighted by molar-refractivity contribution is -0.161. The second kappa shape index (κ2) is 3.56. The summed E-state index contributed by atoms with van der Waals surface area (Å²) in [7, 11) is 0. The molecule has 0 amide bonds. The number of carbonyl (C=O) groups excluding carboxylic acids is 2. The summed E-state index contributed by atoms with van der Waals surface area (Å²) in [5, 5.41) is 0. The van der Waals surface area contributed by atoms with Crippen molar-refractivity contribution in [2.24, 2.45) is 5.92 Å². The van der Waals surface area contributed by atoms with E-state index >= 15 is 0 Å². The van der Waals surface area contributed by atoms with E-state index in [0.29, 0.717) is 13.0 Å². The molecule has 68 valence electrons. The van der Waals surface area contributed by atoms with Crippen molar-refractivity contribution in [1.82, 2.24) is 0 Å². The van der Waals surface area contributed by atoms with Gasteiger partial charge in [-0.15, -0.1) is 0 Å². The van der Waals surface area contributed by atoms with E-state index < -0.39 is 12.1 Å². The second-order valence-electron chi connectivity index (χ2n) is 2.81. The Kier molecular flexibility index (Phi) is 2.68. The van der Waals surface area contributed by atoms with Crippen molar-refractivity contribution in [3.05, 3.63) is 0 Å². The van der Waals surface area contributed by atoms with Gasteiger partial charge in [0.05, 0.1) is 12.5 Å². The quantitative estimate of drug-likeness (QED) is 0.569. The fourth-order valence-corrected chi connectivity index (χ4v) is 1.10. The smallest absolute Gasteiger partial charge is 0.347 e. The van der Waals surface area contributed by atoms with Crippen molar-refractivity contribution in [1.29, 1.82) is 0 Å². The van der Waals surface area contributed by atoms with Gasteiger partial charge in [-0.3, -0.25) is 4.79 Å². The molecule has 0 unspecified atom stereocenters. The number of carbonyl (C=O) groups is 2. The Bertz CT molecular complexity index is 199. The normalized spacial score (nSPS) is 28.3. The average Bonchev–Trinajstić information content (AvgIpc) is 2.33. The third-order valence-electron chi connectivity index (χ3n) is 1.78. The highest BCUT2D eigenvalue weighted by molar-refractivity contribution is 5.83. The van der Waals surface area contributed by atoms with Gasteiger partial charge in [-0.2, -0.15) is 0 Å². The van der Waals surface area contributed by atoms with E-state index in [-0.39, 0.29) is 11.9 Å². The topological polar surface area (TPSA) is 52.6 Å². The molecule has 0 spiro atoms. The highest BCUT2D eigenvalue weighted by atomic mass is 16.6. The van der Waals surface area contributed by atoms with Crippen molar-refractivity contribution in [2.75, 3.05) is 6.61 Å². The van der Waals surface area contributed by atoms with E-state index in [1.54, 1.807) is 13.8 Å². The molecule has 0 radical (unpaired) electrons. The van der Waals surface area contributed by atoms with Crippen LogP contribution < -0.4 is 0 Å². The van der Waals surface area contributed by atoms with Crippen LogP contribution in [0.5, 0.6) is 0 Å². The van der Waals surface area contributed by atoms with Crippen molar-refractivity contribution in [3.8, 4) is 0 Å². The van der Waals surface area contributed by atoms with Gasteiger partial charge in [0.25, 0.3) is 0 Å². The van der Waals surface area contributed by atoms with Crippen molar-refractivity contribution >= 4 is 11.9 Å². The minimum absolute atomic E-state index is 0.181. The molecule has 4 heteroatoms. The fraction of sp³-hybridized carbons (Fsp3) is 0.750. The zero-order valence-corrected chi connectivity index (χ0v) is 7.20. The number of ether oxygens (including phenoxy) is 2. The van der Waals surface area contributed by atoms with Gasteiger partial charge in [0.2, 0.25) is 0 Å². The summed E-state index contributed by atoms with van der Waals surface area (Å²) in [5.41, 5.74) is 0. The van der Waals surface area contributed by atoms with Crippen molar-refractivity contribution < 1.29 is 19.1 Å². The van der Waals surface area contributed by atoms with Crippen LogP contribution in [0.25, 0.3) is 0 Å². The molecule has 2 atom stereocenters. The SMILES string of the molecule is CCOC(=O)[C@@H]1C[C@H](C)C(=O)O1. The Labute approximate surface area is 70.8 Å². The van der Waals surface area contributed by atoms with Crippen LogP contribution in [0.4, 0.5) is 0 Å². The maximum absolute atomic E-state index is 11.0. The van der Waals surface area contributed by atoms with Gasteiger partial charge in [-0.1, -0.05) is 6.92 Å². The molecule has 0 saturated carbocycles. The third-order valence-corrected chi connectivity index (χ3v) is 1.78. The van der Waals surface area contributed by atoms with E-state index in [0.717, 1.165) is 0 Å². The Morgan fingerprint density at radius 2 is 2.42 bits per heavy atom. The van der Waals surface area contributed by atoms with Gasteiger partial charge in [0.15, 0.2) is 6.10 Å². The van der Waals surface area contributed by atoms with Crippen LogP contribution in [-0.4, -0.2) is 24.6 Å². The van der Waals surface area contributed by atoms with Crippen LogP contribution >= 0.6 is 0 Å². The predicted octanol–water partition coefficient (Wildman–Crippen LogP) is 0.501. The summed E-state index contributed by atoms with van der Waals surface area (Å²) < 4.78 is 9.48. The molecule has 4 nitrogen and oxygen atoms in total. The van der Waals surface area contributed by atoms with Gasteiger partial charge < -0.3 is 9.47 Å². The molecule has 1 fully saturated rings. The maximum atomic E-state index is 11.0. The second-order valence-corrected chi connectivity index (χ2v) is 2.81. The fourth-order valence-electron chi connectivity index (χ4n) is 1.10. The van der Waals surface area contributed by atoms with Gasteiger partial charge in [0, 0.05) is 6.42 Å². The van der Waals surface area contributed by atoms with Gasteiger partial charge >= 0.3 is 11.9 Å². The summed E-state index contributed by atoms with van der Waals surface area (Å²) in [5.74, 6) is -0.928. The molecule has 1 rings (SSSR count). The summed E-state index contributed by atoms with van der Waals surface area (Å²) in [6.07, 6.45) is -0.232. The lowest BCUT2D eigenvalue weighted by atomic mass is 10.1. The standard InChI is InChI=1S/C8H12O4/c1-3-11-8(10)6-4-5(2)7(9)12-6/h5-6H,3-4H2,1-2H3/t5-,6-/m0/s1. The van der Waals surface area contributed by atoms with Crippen LogP contribution in [-0.2, 0) is 19.1 Å². The Balaban J connectivity index is 2.46. The highest BCUT2D eigenvalue weighted by Gasteiger charge is 2.36. The van der Waals surface area contributed by atoms with Gasteiger partial charge in [-0.05, 0) is 6.92 Å². The van der Waals surface area contributed by atoms with Crippen molar-refractivity contribution in [2.45, 2.75) is 26.4 Å². The van der Waals surface area contributed by atoms with Crippen LogP contribution in [0.15, 0.2) is 0 Å². The lowest BCUT2D eigenvalue weighted by Gasteiger charge is -2.06. The van der Waals surface area contributed by atoms with Crippen molar-refractivity contribution in [3.63, 3.8) is 0 Å². The molecular weight excluding hydrogens is 160 g/mol. The molecule has 0 aliphatic carbocycles. The number of hydrogen-bond donors (Lipinski definition) is 0. The zero-order chi connectivity index (χ0) is 9.14. The summed E-state index contributed by atoms with van der Waals surface area (Å²) in [4.78, 5) is 21.9. The number of esters is 2. The van der Waals surface area contributed by atoms with Gasteiger partial charge in [-0.25, -0.2) is 4.79 Å². The molecule has 0 aromatic rings. The molecule has 0 aromatic carbocycles. The van der Waals surface area contributed by atoms with Crippen LogP contribution in [0, 0.1) is 5.92 Å². The summed E-state index contributed by atoms with van der Waals surface area (Å²) in [6, 6.07) is 0. The third kappa shape index (κ3) is 1.75. The molecule has 0 aromatic heterocycles. The summed E-state index contributed by atoms with van der Waals surface area (Å²) in [6.45, 7) is 3.78. The number of rotatable bonds is 2. The lowest BCUT2D eigenvalue weighted by Crippen LogP contribution is -2.22. The molecule has 1 heterocycles. The molecule has 0 bridgehead atoms. The Morgan fingerprint density at radius 1 is 1.75 bits per heavy atom. The number of hydrogen-bond acceptors (Lipinski definition) is 4. The molecule has 1 saturated heterocycles. The van der Waals surface area contributed by atoms with E-state index in [9.17, 15) is 9.59 Å². The van der Waals surface area contributed by atoms with Crippen LogP contribution in [0.3, 0.4) is 0 Å². The number of cyclic esters (lactones) is 1. The predicted molar refractivity (Wildman–Crippen MR) is 40.3 cm³/mol. The van der Waals surface area contributed by atoms with E-state index in [1.807, 2.05) is 0 Å². The molecule has 0 N–H and O–H groups in total. The minimum Gasteiger partial charge on any atom is -0.463 e. The summed E-state index contributed by atoms with van der Waals surface area (Å²) >= 11 is 0. The molecule has 1 aliphatic heterocycles. The molecule has 1 aliphatic rings. The van der Waals surface area contributed by atoms with E-state index in [4.69, 9.17) is 9.47 Å². The average molecular weight is 172 g/mol. The highest BCUT2D eigenvalue weighted by Crippen LogP contribution is 2.21. The van der Waals surface area contributed by atoms with Gasteiger partial charge in [0.1, 0.15) is 0 Å². The first-order valence-electron chi connectivity index (χ1n) is 4.02. The monoisotopic (exact) mass is 172 g/mol. The van der Waals surface area contributed by atoms with E-state index in [1.165, 1.54) is 0 Å². The largest absolute Gasteiger partial charge is 0.463 e. The molecule has 12 heavy (non-hydrogen) atoms. The Hall–Kier alpha value is -1.06. The first-order valence-corrected chi connectivity index (χ1v) is 4.02. The first-order chi connectivity index (χ1) is 5.65. The Morgan fingerprint density at radius 3 is 2.83 bits per heavy atom. The molecular formula is C8H12O4. The minimum atomic E-state index is -0.674. The maximum Gasteiger partial charge on any atom is 0.347 e. The first kappa shape index (κ1) is 9.03. The zero-order valence-electron chi connectivity index (χ0n) is 7.20. The van der Waals surface area contributed by atoms with Crippen LogP contribution in [0.1, 0.15) is 20.3 Å². The van der Waals surface area contributed by atoms with Crippen LogP contribution in [0.2, 0.25) is 0 Å². The van der Waals surface area contributed by atoms with E-state index in [2.05, 4.69) is 0 Å².